The van der Waals surface area contributed by atoms with E-state index in [0.29, 0.717) is 17.0 Å². The number of halogens is 2. The van der Waals surface area contributed by atoms with E-state index in [1.807, 2.05) is 0 Å². The molecule has 2 N–H and O–H groups in total. The third-order valence-corrected chi connectivity index (χ3v) is 2.60. The van der Waals surface area contributed by atoms with E-state index in [9.17, 15) is 4.39 Å². The van der Waals surface area contributed by atoms with Crippen molar-refractivity contribution in [3.63, 3.8) is 0 Å². The minimum Gasteiger partial charge on any atom is -0.355 e. The van der Waals surface area contributed by atoms with Crippen LogP contribution in [0.15, 0.2) is 12.1 Å². The molecule has 0 radical (unpaired) electrons. The van der Waals surface area contributed by atoms with Crippen LogP contribution < -0.4 is 5.32 Å². The van der Waals surface area contributed by atoms with Gasteiger partial charge < -0.3 is 10.3 Å². The standard InChI is InChI=1S/C12H15ClFN3/c1-12(2,3)6-15-11-16-9-4-7(13)8(14)5-10(9)17-11/h4-5H,6H2,1-3H3,(H2,15,16,17). The number of imidazole rings is 1. The second kappa shape index (κ2) is 4.18. The van der Waals surface area contributed by atoms with Crippen molar-refractivity contribution in [1.29, 1.82) is 0 Å². The van der Waals surface area contributed by atoms with Crippen molar-refractivity contribution in [2.75, 3.05) is 11.9 Å². The Morgan fingerprint density at radius 2 is 2.12 bits per heavy atom. The quantitative estimate of drug-likeness (QED) is 0.857. The smallest absolute Gasteiger partial charge is 0.201 e. The van der Waals surface area contributed by atoms with Crippen LogP contribution in [0.25, 0.3) is 11.0 Å². The Hall–Kier alpha value is -1.29. The topological polar surface area (TPSA) is 40.7 Å². The van der Waals surface area contributed by atoms with Gasteiger partial charge in [0.05, 0.1) is 16.1 Å². The number of rotatable bonds is 2. The largest absolute Gasteiger partial charge is 0.355 e. The molecule has 0 aliphatic carbocycles. The molecule has 92 valence electrons. The predicted molar refractivity (Wildman–Crippen MR) is 69.0 cm³/mol. The minimum atomic E-state index is -0.440. The Morgan fingerprint density at radius 3 is 2.76 bits per heavy atom. The van der Waals surface area contributed by atoms with E-state index in [2.05, 4.69) is 36.1 Å². The molecule has 1 aromatic carbocycles. The van der Waals surface area contributed by atoms with Crippen LogP contribution >= 0.6 is 11.6 Å². The first-order chi connectivity index (χ1) is 7.85. The summed E-state index contributed by atoms with van der Waals surface area (Å²) in [4.78, 5) is 7.32. The van der Waals surface area contributed by atoms with Crippen molar-refractivity contribution in [3.8, 4) is 0 Å². The highest BCUT2D eigenvalue weighted by Gasteiger charge is 2.12. The van der Waals surface area contributed by atoms with Crippen LogP contribution in [-0.4, -0.2) is 16.5 Å². The lowest BCUT2D eigenvalue weighted by Crippen LogP contribution is -2.19. The molecule has 1 aromatic heterocycles. The molecule has 0 aliphatic heterocycles. The lowest BCUT2D eigenvalue weighted by Gasteiger charge is -2.17. The van der Waals surface area contributed by atoms with Crippen LogP contribution in [-0.2, 0) is 0 Å². The Balaban J connectivity index is 2.26. The highest BCUT2D eigenvalue weighted by atomic mass is 35.5. The number of aromatic amines is 1. The van der Waals surface area contributed by atoms with Crippen LogP contribution in [0.1, 0.15) is 20.8 Å². The maximum Gasteiger partial charge on any atom is 0.201 e. The van der Waals surface area contributed by atoms with E-state index in [1.165, 1.54) is 12.1 Å². The lowest BCUT2D eigenvalue weighted by atomic mass is 9.97. The summed E-state index contributed by atoms with van der Waals surface area (Å²) in [6.45, 7) is 7.15. The molecule has 0 spiro atoms. The van der Waals surface area contributed by atoms with E-state index in [0.717, 1.165) is 6.54 Å². The van der Waals surface area contributed by atoms with Gasteiger partial charge in [0, 0.05) is 12.6 Å². The average Bonchev–Trinajstić information content (AvgIpc) is 2.57. The number of nitrogens with zero attached hydrogens (tertiary/aromatic N) is 1. The number of H-pyrrole nitrogens is 1. The van der Waals surface area contributed by atoms with Gasteiger partial charge in [-0.05, 0) is 11.5 Å². The third-order valence-electron chi connectivity index (χ3n) is 2.31. The van der Waals surface area contributed by atoms with Crippen molar-refractivity contribution < 1.29 is 4.39 Å². The molecule has 0 unspecified atom stereocenters. The zero-order chi connectivity index (χ0) is 12.6. The van der Waals surface area contributed by atoms with Gasteiger partial charge in [0.1, 0.15) is 5.82 Å². The molecular formula is C12H15ClFN3. The fraction of sp³-hybridized carbons (Fsp3) is 0.417. The number of nitrogens with one attached hydrogen (secondary N) is 2. The monoisotopic (exact) mass is 255 g/mol. The summed E-state index contributed by atoms with van der Waals surface area (Å²) in [7, 11) is 0. The Labute approximate surface area is 104 Å². The summed E-state index contributed by atoms with van der Waals surface area (Å²) in [5, 5.41) is 3.27. The van der Waals surface area contributed by atoms with Crippen molar-refractivity contribution in [3.05, 3.63) is 23.0 Å². The molecule has 0 aliphatic rings. The van der Waals surface area contributed by atoms with Gasteiger partial charge in [-0.3, -0.25) is 0 Å². The molecule has 0 atom stereocenters. The van der Waals surface area contributed by atoms with E-state index < -0.39 is 5.82 Å². The molecule has 0 fully saturated rings. The van der Waals surface area contributed by atoms with Gasteiger partial charge in [0.15, 0.2) is 0 Å². The summed E-state index contributed by atoms with van der Waals surface area (Å²) in [6.07, 6.45) is 0. The van der Waals surface area contributed by atoms with E-state index in [4.69, 9.17) is 11.6 Å². The minimum absolute atomic E-state index is 0.0892. The van der Waals surface area contributed by atoms with E-state index in [1.54, 1.807) is 0 Å². The molecule has 0 saturated carbocycles. The summed E-state index contributed by atoms with van der Waals surface area (Å²) in [5.74, 6) is 0.196. The predicted octanol–water partition coefficient (Wildman–Crippen LogP) is 3.81. The van der Waals surface area contributed by atoms with Crippen molar-refractivity contribution >= 4 is 28.6 Å². The first-order valence-corrected chi connectivity index (χ1v) is 5.81. The molecule has 0 amide bonds. The molecule has 0 saturated heterocycles. The number of aromatic nitrogens is 2. The average molecular weight is 256 g/mol. The fourth-order valence-corrected chi connectivity index (χ4v) is 1.60. The van der Waals surface area contributed by atoms with Gasteiger partial charge in [-0.15, -0.1) is 0 Å². The van der Waals surface area contributed by atoms with Gasteiger partial charge >= 0.3 is 0 Å². The van der Waals surface area contributed by atoms with Crippen LogP contribution in [0.2, 0.25) is 5.02 Å². The van der Waals surface area contributed by atoms with Crippen molar-refractivity contribution in [2.24, 2.45) is 5.41 Å². The Kier molecular flexibility index (Phi) is 3.00. The summed E-state index contributed by atoms with van der Waals surface area (Å²) in [5.41, 5.74) is 1.46. The van der Waals surface area contributed by atoms with Gasteiger partial charge in [0.25, 0.3) is 0 Å². The van der Waals surface area contributed by atoms with Crippen molar-refractivity contribution in [1.82, 2.24) is 9.97 Å². The normalized spacial score (nSPS) is 12.1. The van der Waals surface area contributed by atoms with Gasteiger partial charge in [-0.2, -0.15) is 0 Å². The maximum absolute atomic E-state index is 13.2. The number of benzene rings is 1. The first-order valence-electron chi connectivity index (χ1n) is 5.44. The van der Waals surface area contributed by atoms with Crippen LogP contribution in [0, 0.1) is 11.2 Å². The van der Waals surface area contributed by atoms with Gasteiger partial charge in [0.2, 0.25) is 5.95 Å². The zero-order valence-corrected chi connectivity index (χ0v) is 10.8. The van der Waals surface area contributed by atoms with Gasteiger partial charge in [-0.25, -0.2) is 9.37 Å². The van der Waals surface area contributed by atoms with Crippen LogP contribution in [0.4, 0.5) is 10.3 Å². The second-order valence-corrected chi connectivity index (χ2v) is 5.69. The highest BCUT2D eigenvalue weighted by molar-refractivity contribution is 6.31. The second-order valence-electron chi connectivity index (χ2n) is 5.28. The Bertz CT molecular complexity index is 503. The fourth-order valence-electron chi connectivity index (χ4n) is 1.44. The number of hydrogen-bond acceptors (Lipinski definition) is 2. The van der Waals surface area contributed by atoms with E-state index >= 15 is 0 Å². The summed E-state index contributed by atoms with van der Waals surface area (Å²) >= 11 is 5.70. The lowest BCUT2D eigenvalue weighted by molar-refractivity contribution is 0.442. The summed E-state index contributed by atoms with van der Waals surface area (Å²) < 4.78 is 13.2. The van der Waals surface area contributed by atoms with Crippen LogP contribution in [0.5, 0.6) is 0 Å². The summed E-state index contributed by atoms with van der Waals surface area (Å²) in [6, 6.07) is 2.87. The highest BCUT2D eigenvalue weighted by Crippen LogP contribution is 2.23. The first kappa shape index (κ1) is 12.2. The molecule has 5 heteroatoms. The third kappa shape index (κ3) is 2.88. The maximum atomic E-state index is 13.2. The molecule has 3 nitrogen and oxygen atoms in total. The van der Waals surface area contributed by atoms with Gasteiger partial charge in [-0.1, -0.05) is 32.4 Å². The van der Waals surface area contributed by atoms with Crippen LogP contribution in [0.3, 0.4) is 0 Å². The molecule has 2 rings (SSSR count). The molecular weight excluding hydrogens is 241 g/mol. The van der Waals surface area contributed by atoms with E-state index in [-0.39, 0.29) is 10.4 Å². The number of anilines is 1. The Morgan fingerprint density at radius 1 is 1.41 bits per heavy atom. The molecule has 17 heavy (non-hydrogen) atoms. The molecule has 1 heterocycles. The number of fused-ring (bicyclic) bond motifs is 1. The SMILES string of the molecule is CC(C)(C)CNc1nc2cc(Cl)c(F)cc2[nH]1. The zero-order valence-electron chi connectivity index (χ0n) is 10.1. The number of hydrogen-bond donors (Lipinski definition) is 2. The van der Waals surface area contributed by atoms with Crippen molar-refractivity contribution in [2.45, 2.75) is 20.8 Å². The molecule has 0 bridgehead atoms. The molecule has 2 aromatic rings.